The predicted octanol–water partition coefficient (Wildman–Crippen LogP) is 5.96. The van der Waals surface area contributed by atoms with Crippen molar-refractivity contribution in [3.05, 3.63) is 101 Å². The molecule has 0 N–H and O–H groups in total. The molecule has 184 valence electrons. The number of aromatic nitrogens is 1. The number of rotatable bonds is 4. The second kappa shape index (κ2) is 9.11. The molecule has 1 aromatic heterocycles. The van der Waals surface area contributed by atoms with Gasteiger partial charge in [0.15, 0.2) is 11.5 Å². The number of hydrogen-bond acceptors (Lipinski definition) is 5. The maximum absolute atomic E-state index is 13.6. The molecule has 3 aromatic carbocycles. The van der Waals surface area contributed by atoms with Crippen molar-refractivity contribution in [3.8, 4) is 11.5 Å². The minimum atomic E-state index is -4.54. The van der Waals surface area contributed by atoms with Gasteiger partial charge in [0, 0.05) is 42.7 Å². The van der Waals surface area contributed by atoms with Crippen LogP contribution in [-0.4, -0.2) is 28.2 Å². The zero-order valence-corrected chi connectivity index (χ0v) is 19.5. The molecule has 3 heterocycles. The number of fused-ring (bicyclic) bond motifs is 6. The van der Waals surface area contributed by atoms with Crippen LogP contribution in [0.1, 0.15) is 27.9 Å². The second-order valence-electron chi connectivity index (χ2n) is 9.20. The van der Waals surface area contributed by atoms with Crippen molar-refractivity contribution in [1.29, 1.82) is 0 Å². The molecule has 0 bridgehead atoms. The third-order valence-electron chi connectivity index (χ3n) is 6.60. The van der Waals surface area contributed by atoms with Crippen molar-refractivity contribution < 1.29 is 22.6 Å². The molecule has 0 radical (unpaired) electrons. The van der Waals surface area contributed by atoms with E-state index < -0.39 is 11.9 Å². The van der Waals surface area contributed by atoms with Gasteiger partial charge in [0.25, 0.3) is 0 Å². The van der Waals surface area contributed by atoms with Crippen LogP contribution in [0.4, 0.5) is 13.2 Å². The molecule has 36 heavy (non-hydrogen) atoms. The SMILES string of the molecule is FC(F)(F)c1ccc2c3c(c4c(c2n1)CN(Cc1ccccc1)CO4)OCN(Cc1ccccc1)C3. The lowest BCUT2D eigenvalue weighted by molar-refractivity contribution is -0.140. The van der Waals surface area contributed by atoms with Gasteiger partial charge < -0.3 is 9.47 Å². The fourth-order valence-corrected chi connectivity index (χ4v) is 4.94. The third kappa shape index (κ3) is 4.38. The van der Waals surface area contributed by atoms with E-state index >= 15 is 0 Å². The van der Waals surface area contributed by atoms with E-state index in [1.54, 1.807) is 0 Å². The zero-order chi connectivity index (χ0) is 24.7. The van der Waals surface area contributed by atoms with Crippen LogP contribution in [0.3, 0.4) is 0 Å². The summed E-state index contributed by atoms with van der Waals surface area (Å²) < 4.78 is 53.2. The lowest BCUT2D eigenvalue weighted by Crippen LogP contribution is -2.35. The highest BCUT2D eigenvalue weighted by Gasteiger charge is 2.36. The van der Waals surface area contributed by atoms with Gasteiger partial charge >= 0.3 is 6.18 Å². The fraction of sp³-hybridized carbons (Fsp3) is 0.250. The summed E-state index contributed by atoms with van der Waals surface area (Å²) in [4.78, 5) is 8.28. The average molecular weight is 492 g/mol. The van der Waals surface area contributed by atoms with E-state index in [-0.39, 0.29) is 0 Å². The normalized spacial score (nSPS) is 16.2. The minimum absolute atomic E-state index is 0.315. The lowest BCUT2D eigenvalue weighted by atomic mass is 9.98. The third-order valence-corrected chi connectivity index (χ3v) is 6.60. The average Bonchev–Trinajstić information content (AvgIpc) is 2.89. The second-order valence-corrected chi connectivity index (χ2v) is 9.20. The first-order valence-corrected chi connectivity index (χ1v) is 11.8. The Morgan fingerprint density at radius 1 is 0.694 bits per heavy atom. The van der Waals surface area contributed by atoms with E-state index in [2.05, 4.69) is 14.8 Å². The number of alkyl halides is 3. The van der Waals surface area contributed by atoms with Gasteiger partial charge in [0.2, 0.25) is 0 Å². The Bertz CT molecular complexity index is 1390. The number of hydrogen-bond donors (Lipinski definition) is 0. The molecule has 2 aliphatic heterocycles. The maximum Gasteiger partial charge on any atom is 0.433 e. The first kappa shape index (κ1) is 22.8. The monoisotopic (exact) mass is 491 g/mol. The predicted molar refractivity (Wildman–Crippen MR) is 129 cm³/mol. The van der Waals surface area contributed by atoms with Gasteiger partial charge in [0.05, 0.1) is 5.52 Å². The Balaban J connectivity index is 1.40. The number of ether oxygens (including phenoxy) is 2. The molecule has 0 amide bonds. The quantitative estimate of drug-likeness (QED) is 0.352. The topological polar surface area (TPSA) is 37.8 Å². The van der Waals surface area contributed by atoms with Gasteiger partial charge in [-0.3, -0.25) is 9.80 Å². The molecule has 2 aliphatic rings. The summed E-state index contributed by atoms with van der Waals surface area (Å²) in [7, 11) is 0. The summed E-state index contributed by atoms with van der Waals surface area (Å²) in [6.45, 7) is 2.90. The van der Waals surface area contributed by atoms with E-state index in [1.165, 1.54) is 6.07 Å². The highest BCUT2D eigenvalue weighted by molar-refractivity contribution is 5.91. The van der Waals surface area contributed by atoms with Gasteiger partial charge in [-0.05, 0) is 17.2 Å². The van der Waals surface area contributed by atoms with Gasteiger partial charge in [-0.25, -0.2) is 4.98 Å². The molecule has 0 saturated carbocycles. The Morgan fingerprint density at radius 2 is 1.22 bits per heavy atom. The molecule has 5 nitrogen and oxygen atoms in total. The fourth-order valence-electron chi connectivity index (χ4n) is 4.94. The number of halogens is 3. The van der Waals surface area contributed by atoms with Gasteiger partial charge in [0.1, 0.15) is 19.2 Å². The van der Waals surface area contributed by atoms with Crippen molar-refractivity contribution >= 4 is 10.9 Å². The van der Waals surface area contributed by atoms with Crippen molar-refractivity contribution in [2.75, 3.05) is 13.5 Å². The summed E-state index contributed by atoms with van der Waals surface area (Å²) >= 11 is 0. The summed E-state index contributed by atoms with van der Waals surface area (Å²) in [5.74, 6) is 1.12. The summed E-state index contributed by atoms with van der Waals surface area (Å²) in [5, 5.41) is 0.666. The van der Waals surface area contributed by atoms with Crippen LogP contribution < -0.4 is 9.47 Å². The molecule has 0 aliphatic carbocycles. The van der Waals surface area contributed by atoms with Gasteiger partial charge in [-0.1, -0.05) is 66.7 Å². The van der Waals surface area contributed by atoms with E-state index in [1.807, 2.05) is 60.7 Å². The molecule has 4 aromatic rings. The van der Waals surface area contributed by atoms with E-state index in [4.69, 9.17) is 9.47 Å². The number of benzene rings is 3. The zero-order valence-electron chi connectivity index (χ0n) is 19.5. The van der Waals surface area contributed by atoms with Crippen LogP contribution in [0.2, 0.25) is 0 Å². The smallest absolute Gasteiger partial charge is 0.433 e. The molecule has 0 spiro atoms. The molecule has 0 saturated heterocycles. The molecule has 0 fully saturated rings. The van der Waals surface area contributed by atoms with E-state index in [0.717, 1.165) is 22.8 Å². The molecule has 6 rings (SSSR count). The summed E-state index contributed by atoms with van der Waals surface area (Å²) in [6, 6.07) is 22.5. The van der Waals surface area contributed by atoms with Crippen LogP contribution in [0.5, 0.6) is 11.5 Å². The van der Waals surface area contributed by atoms with Crippen LogP contribution >= 0.6 is 0 Å². The van der Waals surface area contributed by atoms with Crippen molar-refractivity contribution in [1.82, 2.24) is 14.8 Å². The largest absolute Gasteiger partial charge is 0.474 e. The lowest BCUT2D eigenvalue weighted by Gasteiger charge is -2.35. The number of pyridine rings is 1. The molecular weight excluding hydrogens is 467 g/mol. The Kier molecular flexibility index (Phi) is 5.78. The first-order valence-electron chi connectivity index (χ1n) is 11.8. The maximum atomic E-state index is 13.6. The van der Waals surface area contributed by atoms with Crippen molar-refractivity contribution in [2.45, 2.75) is 32.4 Å². The first-order chi connectivity index (χ1) is 17.5. The standard InChI is InChI=1S/C28H24F3N3O2/c29-28(30,31)24-12-11-21-22-15-33(13-19-7-3-1-4-8-19)17-35-26(22)27-23(25(21)32-24)16-34(18-36-27)14-20-9-5-2-6-10-20/h1-12H,13-18H2. The highest BCUT2D eigenvalue weighted by Crippen LogP contribution is 2.46. The number of nitrogens with zero attached hydrogens (tertiary/aromatic N) is 3. The van der Waals surface area contributed by atoms with Crippen LogP contribution in [0.25, 0.3) is 10.9 Å². The van der Waals surface area contributed by atoms with E-state index in [9.17, 15) is 13.2 Å². The Hall–Kier alpha value is -3.62. The van der Waals surface area contributed by atoms with Crippen LogP contribution in [-0.2, 0) is 32.4 Å². The summed E-state index contributed by atoms with van der Waals surface area (Å²) in [5.41, 5.74) is 3.09. The van der Waals surface area contributed by atoms with E-state index in [0.29, 0.717) is 67.6 Å². The van der Waals surface area contributed by atoms with Gasteiger partial charge in [-0.2, -0.15) is 13.2 Å². The summed E-state index contributed by atoms with van der Waals surface area (Å²) in [6.07, 6.45) is -4.54. The van der Waals surface area contributed by atoms with Crippen LogP contribution in [0, 0.1) is 0 Å². The molecular formula is C28H24F3N3O2. The van der Waals surface area contributed by atoms with Crippen molar-refractivity contribution in [3.63, 3.8) is 0 Å². The Morgan fingerprint density at radius 3 is 1.78 bits per heavy atom. The van der Waals surface area contributed by atoms with Crippen LogP contribution in [0.15, 0.2) is 72.8 Å². The molecule has 8 heteroatoms. The van der Waals surface area contributed by atoms with Gasteiger partial charge in [-0.15, -0.1) is 0 Å². The minimum Gasteiger partial charge on any atom is -0.474 e. The highest BCUT2D eigenvalue weighted by atomic mass is 19.4. The molecule has 0 atom stereocenters. The Labute approximate surface area is 206 Å². The van der Waals surface area contributed by atoms with Crippen molar-refractivity contribution in [2.24, 2.45) is 0 Å². The molecule has 0 unspecified atom stereocenters.